The topological polar surface area (TPSA) is 38.3 Å². The molecule has 0 aromatic carbocycles. The molecule has 1 amide bonds. The molecule has 0 spiro atoms. The maximum absolute atomic E-state index is 10.3. The Morgan fingerprint density at radius 3 is 2.82 bits per heavy atom. The first-order valence-corrected chi connectivity index (χ1v) is 3.98. The van der Waals surface area contributed by atoms with Crippen molar-refractivity contribution in [2.75, 3.05) is 6.61 Å². The molecule has 0 aromatic rings. The van der Waals surface area contributed by atoms with E-state index in [2.05, 4.69) is 5.32 Å². The quantitative estimate of drug-likeness (QED) is 0.594. The fraction of sp³-hybridized carbons (Fsp3) is 0.875. The van der Waals surface area contributed by atoms with E-state index in [4.69, 9.17) is 4.74 Å². The minimum atomic E-state index is -0.168. The molecule has 2 fully saturated rings. The van der Waals surface area contributed by atoms with Crippen molar-refractivity contribution in [2.24, 2.45) is 5.92 Å². The summed E-state index contributed by atoms with van der Waals surface area (Å²) in [6, 6.07) is 0. The Hall–Kier alpha value is -0.570. The summed E-state index contributed by atoms with van der Waals surface area (Å²) in [6.07, 6.45) is 1.87. The van der Waals surface area contributed by atoms with Crippen LogP contribution in [0.3, 0.4) is 0 Å². The number of amides is 1. The number of ether oxygens (including phenoxy) is 1. The highest BCUT2D eigenvalue weighted by molar-refractivity contribution is 5.51. The summed E-state index contributed by atoms with van der Waals surface area (Å²) in [4.78, 5) is 10.3. The number of carbonyl (C=O) groups is 1. The predicted octanol–water partition coefficient (Wildman–Crippen LogP) is 0.546. The lowest BCUT2D eigenvalue weighted by Crippen LogP contribution is -2.48. The molecule has 3 nitrogen and oxygen atoms in total. The average Bonchev–Trinajstić information content (AvgIpc) is 2.56. The maximum Gasteiger partial charge on any atom is 0.207 e. The maximum atomic E-state index is 10.3. The summed E-state index contributed by atoms with van der Waals surface area (Å²) in [5.74, 6) is 0.558. The van der Waals surface area contributed by atoms with Gasteiger partial charge < -0.3 is 10.1 Å². The van der Waals surface area contributed by atoms with E-state index >= 15 is 0 Å². The fourth-order valence-corrected chi connectivity index (χ4v) is 2.16. The van der Waals surface area contributed by atoms with Gasteiger partial charge in [0.15, 0.2) is 0 Å². The molecule has 2 atom stereocenters. The van der Waals surface area contributed by atoms with Gasteiger partial charge in [-0.3, -0.25) is 4.79 Å². The van der Waals surface area contributed by atoms with Crippen molar-refractivity contribution in [3.05, 3.63) is 0 Å². The van der Waals surface area contributed by atoms with E-state index in [0.717, 1.165) is 19.4 Å². The van der Waals surface area contributed by atoms with E-state index in [0.29, 0.717) is 5.92 Å². The summed E-state index contributed by atoms with van der Waals surface area (Å²) in [5, 5.41) is 2.88. The second-order valence-corrected chi connectivity index (χ2v) is 3.96. The van der Waals surface area contributed by atoms with Crippen LogP contribution < -0.4 is 5.32 Å². The molecular formula is C8H15NO2. The van der Waals surface area contributed by atoms with Crippen LogP contribution in [0.5, 0.6) is 0 Å². The van der Waals surface area contributed by atoms with Gasteiger partial charge in [0.25, 0.3) is 0 Å². The van der Waals surface area contributed by atoms with Gasteiger partial charge in [0.2, 0.25) is 6.41 Å². The number of hydrogen-bond acceptors (Lipinski definition) is 2. The van der Waals surface area contributed by atoms with Crippen LogP contribution in [-0.2, 0) is 9.53 Å². The van der Waals surface area contributed by atoms with Crippen molar-refractivity contribution < 1.29 is 11.0 Å². The van der Waals surface area contributed by atoms with Crippen LogP contribution in [0.2, 0.25) is 0 Å². The Morgan fingerprint density at radius 2 is 2.45 bits per heavy atom. The normalized spacial score (nSPS) is 44.7. The van der Waals surface area contributed by atoms with Gasteiger partial charge in [0.1, 0.15) is 0 Å². The van der Waals surface area contributed by atoms with Crippen LogP contribution in [0.25, 0.3) is 0 Å². The minimum Gasteiger partial charge on any atom is -0.373 e. The fourth-order valence-electron chi connectivity index (χ4n) is 2.16. The number of rotatable bonds is 2. The first-order chi connectivity index (χ1) is 5.12. The van der Waals surface area contributed by atoms with Gasteiger partial charge >= 0.3 is 0 Å². The Kier molecular flexibility index (Phi) is 1.15. The van der Waals surface area contributed by atoms with Gasteiger partial charge in [0, 0.05) is 7.34 Å². The van der Waals surface area contributed by atoms with Crippen molar-refractivity contribution >= 4 is 6.41 Å². The van der Waals surface area contributed by atoms with E-state index in [-0.39, 0.29) is 12.6 Å². The smallest absolute Gasteiger partial charge is 0.207 e. The highest BCUT2D eigenvalue weighted by Gasteiger charge is 2.68. The van der Waals surface area contributed by atoms with E-state index in [1.165, 1.54) is 0 Å². The molecule has 0 aromatic heterocycles. The van der Waals surface area contributed by atoms with Crippen molar-refractivity contribution in [1.82, 2.24) is 5.32 Å². The third kappa shape index (κ3) is 0.692. The summed E-state index contributed by atoms with van der Waals surface area (Å²) in [6.45, 7) is 4.88. The zero-order chi connectivity index (χ0) is 8.11. The van der Waals surface area contributed by atoms with Gasteiger partial charge in [-0.1, -0.05) is 0 Å². The van der Waals surface area contributed by atoms with Crippen molar-refractivity contribution in [3.8, 4) is 0 Å². The van der Waals surface area contributed by atoms with E-state index < -0.39 is 0 Å². The van der Waals surface area contributed by atoms with Crippen molar-refractivity contribution in [1.29, 1.82) is 0 Å². The molecule has 1 saturated carbocycles. The first kappa shape index (κ1) is 7.10. The Morgan fingerprint density at radius 1 is 1.73 bits per heavy atom. The largest absolute Gasteiger partial charge is 0.373 e. The number of fused-ring (bicyclic) bond motifs is 1. The molecule has 1 aliphatic carbocycles. The zero-order valence-corrected chi connectivity index (χ0v) is 6.89. The van der Waals surface area contributed by atoms with Gasteiger partial charge in [-0.2, -0.15) is 0 Å². The predicted molar refractivity (Wildman–Crippen MR) is 42.2 cm³/mol. The molecule has 2 rings (SSSR count). The van der Waals surface area contributed by atoms with Crippen molar-refractivity contribution in [3.63, 3.8) is 0 Å². The summed E-state index contributed by atoms with van der Waals surface area (Å²) >= 11 is 0. The summed E-state index contributed by atoms with van der Waals surface area (Å²) < 4.78 is 5.54. The van der Waals surface area contributed by atoms with Crippen LogP contribution in [0.15, 0.2) is 0 Å². The molecule has 1 N–H and O–H groups in total. The first-order valence-electron chi connectivity index (χ1n) is 3.98. The van der Waals surface area contributed by atoms with E-state index in [1.54, 1.807) is 0 Å². The zero-order valence-electron chi connectivity index (χ0n) is 6.89. The van der Waals surface area contributed by atoms with Crippen LogP contribution >= 0.6 is 0 Å². The second kappa shape index (κ2) is 1.78. The lowest BCUT2D eigenvalue weighted by molar-refractivity contribution is -0.112. The molecule has 11 heavy (non-hydrogen) atoms. The number of hydrogen-bond donors (Lipinski definition) is 1. The third-order valence-electron chi connectivity index (χ3n) is 3.14. The van der Waals surface area contributed by atoms with Crippen LogP contribution in [0.4, 0.5) is 0 Å². The Bertz CT molecular complexity index is 207. The molecule has 3 heteroatoms. The van der Waals surface area contributed by atoms with Gasteiger partial charge in [-0.25, -0.2) is 0 Å². The third-order valence-corrected chi connectivity index (χ3v) is 3.14. The van der Waals surface area contributed by atoms with E-state index in [1.807, 2.05) is 13.8 Å². The summed E-state index contributed by atoms with van der Waals surface area (Å²) in [7, 11) is 0. The van der Waals surface area contributed by atoms with Crippen LogP contribution in [0, 0.1) is 5.92 Å². The number of carbonyl (C=O) groups excluding carboxylic acids is 1. The molecule has 64 valence electrons. The molecule has 0 bridgehead atoms. The molecular weight excluding hydrogens is 142 g/mol. The SMILES string of the molecule is CC1(C)OCC2CC21NC=O.[HH]. The Balaban J connectivity index is 0.000000720. The highest BCUT2D eigenvalue weighted by atomic mass is 16.5. The lowest BCUT2D eigenvalue weighted by Gasteiger charge is -2.29. The van der Waals surface area contributed by atoms with Gasteiger partial charge in [-0.05, 0) is 20.3 Å². The average molecular weight is 157 g/mol. The minimum absolute atomic E-state index is 0. The second-order valence-electron chi connectivity index (χ2n) is 3.96. The molecule has 0 radical (unpaired) electrons. The van der Waals surface area contributed by atoms with Crippen molar-refractivity contribution in [2.45, 2.75) is 31.4 Å². The highest BCUT2D eigenvalue weighted by Crippen LogP contribution is 2.57. The van der Waals surface area contributed by atoms with Crippen LogP contribution in [0.1, 0.15) is 21.7 Å². The molecule has 1 aliphatic heterocycles. The van der Waals surface area contributed by atoms with Gasteiger partial charge in [-0.15, -0.1) is 0 Å². The lowest BCUT2D eigenvalue weighted by atomic mass is 9.96. The Labute approximate surface area is 67.6 Å². The monoisotopic (exact) mass is 157 g/mol. The molecule has 2 aliphatic rings. The number of nitrogens with one attached hydrogen (secondary N) is 1. The summed E-state index contributed by atoms with van der Waals surface area (Å²) in [5.41, 5.74) is -0.201. The van der Waals surface area contributed by atoms with Crippen LogP contribution in [-0.4, -0.2) is 24.2 Å². The molecule has 1 heterocycles. The van der Waals surface area contributed by atoms with E-state index in [9.17, 15) is 4.79 Å². The van der Waals surface area contributed by atoms with Gasteiger partial charge in [0.05, 0.1) is 17.7 Å². The molecule has 2 unspecified atom stereocenters. The molecule has 1 saturated heterocycles. The standard InChI is InChI=1S/C8H13NO2.H2/c1-7(2)8(9-5-10)3-6(8)4-11-7;/h5-6H,3-4H2,1-2H3,(H,9,10);1H.